The third-order valence-electron chi connectivity index (χ3n) is 3.46. The number of carbonyl (C=O) groups is 1. The minimum Gasteiger partial charge on any atom is -0.387 e. The van der Waals surface area contributed by atoms with Crippen molar-refractivity contribution in [1.82, 2.24) is 15.2 Å². The summed E-state index contributed by atoms with van der Waals surface area (Å²) in [6, 6.07) is 10.8. The highest BCUT2D eigenvalue weighted by Gasteiger charge is 2.23. The molecular formula is C18H22ClN3O2. The summed E-state index contributed by atoms with van der Waals surface area (Å²) in [5.74, 6) is -0.322. The summed E-state index contributed by atoms with van der Waals surface area (Å²) in [5.41, 5.74) is 0.915. The second kappa shape index (κ2) is 7.75. The van der Waals surface area contributed by atoms with Gasteiger partial charge in [-0.15, -0.1) is 0 Å². The second-order valence-corrected chi connectivity index (χ2v) is 6.73. The summed E-state index contributed by atoms with van der Waals surface area (Å²) in [6.07, 6.45) is 1.70. The highest BCUT2D eigenvalue weighted by molar-refractivity contribution is 6.34. The summed E-state index contributed by atoms with van der Waals surface area (Å²) in [5, 5.41) is 13.4. The van der Waals surface area contributed by atoms with Gasteiger partial charge in [0.15, 0.2) is 0 Å². The number of hydrogen-bond acceptors (Lipinski definition) is 4. The van der Waals surface area contributed by atoms with Gasteiger partial charge >= 0.3 is 0 Å². The van der Waals surface area contributed by atoms with Gasteiger partial charge in [0.05, 0.1) is 21.9 Å². The van der Waals surface area contributed by atoms with Crippen LogP contribution < -0.4 is 5.32 Å². The molecule has 0 saturated carbocycles. The van der Waals surface area contributed by atoms with Crippen molar-refractivity contribution in [2.75, 3.05) is 27.2 Å². The summed E-state index contributed by atoms with van der Waals surface area (Å²) >= 11 is 6.16. The molecule has 24 heavy (non-hydrogen) atoms. The molecule has 0 spiro atoms. The van der Waals surface area contributed by atoms with Crippen molar-refractivity contribution in [2.45, 2.75) is 12.5 Å². The second-order valence-electron chi connectivity index (χ2n) is 6.33. The number of hydrogen-bond donors (Lipinski definition) is 2. The van der Waals surface area contributed by atoms with Crippen LogP contribution in [0.2, 0.25) is 5.02 Å². The fourth-order valence-corrected chi connectivity index (χ4v) is 2.70. The predicted molar refractivity (Wildman–Crippen MR) is 96.2 cm³/mol. The molecule has 2 aromatic rings. The number of aromatic nitrogens is 1. The number of likely N-dealkylation sites (N-methyl/N-ethyl adjacent to an activating group) is 1. The molecule has 128 valence electrons. The molecule has 0 saturated heterocycles. The lowest BCUT2D eigenvalue weighted by Gasteiger charge is -2.27. The number of nitrogens with one attached hydrogen (secondary N) is 1. The lowest BCUT2D eigenvalue weighted by Crippen LogP contribution is -2.47. The molecule has 6 heteroatoms. The number of benzene rings is 1. The first kappa shape index (κ1) is 18.4. The van der Waals surface area contributed by atoms with E-state index >= 15 is 0 Å². The van der Waals surface area contributed by atoms with Gasteiger partial charge in [0.2, 0.25) is 0 Å². The van der Waals surface area contributed by atoms with Crippen LogP contribution in [0.5, 0.6) is 0 Å². The average Bonchev–Trinajstić information content (AvgIpc) is 2.53. The van der Waals surface area contributed by atoms with Gasteiger partial charge < -0.3 is 15.3 Å². The Kier molecular flexibility index (Phi) is 5.94. The molecule has 1 unspecified atom stereocenters. The van der Waals surface area contributed by atoms with Crippen LogP contribution >= 0.6 is 11.6 Å². The average molecular weight is 348 g/mol. The Morgan fingerprint density at radius 2 is 2.08 bits per heavy atom. The Morgan fingerprint density at radius 3 is 2.71 bits per heavy atom. The minimum atomic E-state index is -1.02. The third-order valence-corrected chi connectivity index (χ3v) is 3.79. The highest BCUT2D eigenvalue weighted by atomic mass is 35.5. The van der Waals surface area contributed by atoms with Gasteiger partial charge in [-0.25, -0.2) is 0 Å². The quantitative estimate of drug-likeness (QED) is 0.842. The van der Waals surface area contributed by atoms with E-state index in [1.54, 1.807) is 25.3 Å². The van der Waals surface area contributed by atoms with E-state index in [9.17, 15) is 9.90 Å². The van der Waals surface area contributed by atoms with E-state index in [1.165, 1.54) is 0 Å². The van der Waals surface area contributed by atoms with Gasteiger partial charge in [0, 0.05) is 24.8 Å². The van der Waals surface area contributed by atoms with Gasteiger partial charge in [0.1, 0.15) is 0 Å². The highest BCUT2D eigenvalue weighted by Crippen LogP contribution is 2.24. The summed E-state index contributed by atoms with van der Waals surface area (Å²) in [4.78, 5) is 18.6. The Hall–Kier alpha value is -1.95. The Labute approximate surface area is 147 Å². The van der Waals surface area contributed by atoms with Crippen LogP contribution in [0.4, 0.5) is 0 Å². The molecule has 2 rings (SSSR count). The summed E-state index contributed by atoms with van der Waals surface area (Å²) in [6.45, 7) is 2.25. The van der Waals surface area contributed by atoms with Crippen molar-refractivity contribution in [3.8, 4) is 11.3 Å². The van der Waals surface area contributed by atoms with Crippen LogP contribution in [0.25, 0.3) is 11.3 Å². The normalized spacial score (nSPS) is 13.6. The van der Waals surface area contributed by atoms with Gasteiger partial charge in [-0.2, -0.15) is 0 Å². The molecule has 1 heterocycles. The van der Waals surface area contributed by atoms with Crippen molar-refractivity contribution >= 4 is 17.5 Å². The van der Waals surface area contributed by atoms with Gasteiger partial charge in [-0.1, -0.05) is 23.7 Å². The van der Waals surface area contributed by atoms with E-state index in [0.717, 1.165) is 11.3 Å². The lowest BCUT2D eigenvalue weighted by atomic mass is 10.0. The van der Waals surface area contributed by atoms with Crippen LogP contribution in [0, 0.1) is 0 Å². The maximum Gasteiger partial charge on any atom is 0.252 e. The first-order valence-electron chi connectivity index (χ1n) is 7.65. The van der Waals surface area contributed by atoms with Crippen molar-refractivity contribution in [2.24, 2.45) is 0 Å². The molecule has 1 aromatic carbocycles. The van der Waals surface area contributed by atoms with Crippen LogP contribution in [-0.4, -0.2) is 53.7 Å². The van der Waals surface area contributed by atoms with Crippen molar-refractivity contribution in [3.05, 3.63) is 53.2 Å². The van der Waals surface area contributed by atoms with Crippen LogP contribution in [-0.2, 0) is 0 Å². The maximum atomic E-state index is 12.4. The largest absolute Gasteiger partial charge is 0.387 e. The predicted octanol–water partition coefficient (Wildman–Crippen LogP) is 2.44. The molecule has 0 aliphatic rings. The fraction of sp³-hybridized carbons (Fsp3) is 0.333. The molecule has 1 amide bonds. The van der Waals surface area contributed by atoms with E-state index in [-0.39, 0.29) is 12.5 Å². The van der Waals surface area contributed by atoms with Crippen molar-refractivity contribution in [1.29, 1.82) is 0 Å². The first-order chi connectivity index (χ1) is 11.3. The molecule has 0 radical (unpaired) electrons. The zero-order valence-corrected chi connectivity index (χ0v) is 14.8. The smallest absolute Gasteiger partial charge is 0.252 e. The molecule has 5 nitrogen and oxygen atoms in total. The Balaban J connectivity index is 2.15. The molecule has 1 atom stereocenters. The molecule has 0 aliphatic heterocycles. The fourth-order valence-electron chi connectivity index (χ4n) is 2.50. The topological polar surface area (TPSA) is 65.5 Å². The van der Waals surface area contributed by atoms with Gasteiger partial charge in [0.25, 0.3) is 5.91 Å². The molecule has 0 fully saturated rings. The Morgan fingerprint density at radius 1 is 1.33 bits per heavy atom. The first-order valence-corrected chi connectivity index (χ1v) is 8.02. The van der Waals surface area contributed by atoms with Gasteiger partial charge in [-0.05, 0) is 45.3 Å². The van der Waals surface area contributed by atoms with Crippen molar-refractivity contribution < 1.29 is 9.90 Å². The van der Waals surface area contributed by atoms with E-state index in [4.69, 9.17) is 11.6 Å². The Bertz CT molecular complexity index is 703. The van der Waals surface area contributed by atoms with Crippen LogP contribution in [0.15, 0.2) is 42.6 Å². The molecule has 0 aliphatic carbocycles. The number of rotatable bonds is 6. The molecule has 0 bridgehead atoms. The summed E-state index contributed by atoms with van der Waals surface area (Å²) < 4.78 is 0. The van der Waals surface area contributed by atoms with Crippen molar-refractivity contribution in [3.63, 3.8) is 0 Å². The van der Waals surface area contributed by atoms with E-state index < -0.39 is 5.60 Å². The minimum absolute atomic E-state index is 0.133. The van der Waals surface area contributed by atoms with E-state index in [0.29, 0.717) is 17.1 Å². The number of amides is 1. The van der Waals surface area contributed by atoms with E-state index in [2.05, 4.69) is 10.3 Å². The standard InChI is InChI=1S/C18H22ClN3O2/c1-18(24,12-22(2)3)11-21-17(23)14-10-13(7-8-15(14)19)16-6-4-5-9-20-16/h4-10,24H,11-12H2,1-3H3,(H,21,23). The zero-order chi connectivity index (χ0) is 17.7. The monoisotopic (exact) mass is 347 g/mol. The number of carbonyl (C=O) groups excluding carboxylic acids is 1. The zero-order valence-electron chi connectivity index (χ0n) is 14.1. The lowest BCUT2D eigenvalue weighted by molar-refractivity contribution is 0.0326. The third kappa shape index (κ3) is 5.03. The van der Waals surface area contributed by atoms with E-state index in [1.807, 2.05) is 43.3 Å². The number of aliphatic hydroxyl groups is 1. The number of halogens is 1. The molecule has 1 aromatic heterocycles. The maximum absolute atomic E-state index is 12.4. The molecular weight excluding hydrogens is 326 g/mol. The SMILES string of the molecule is CN(C)CC(C)(O)CNC(=O)c1cc(-c2ccccn2)ccc1Cl. The number of nitrogens with zero attached hydrogens (tertiary/aromatic N) is 2. The summed E-state index contributed by atoms with van der Waals surface area (Å²) in [7, 11) is 3.73. The van der Waals surface area contributed by atoms with Crippen LogP contribution in [0.1, 0.15) is 17.3 Å². The van der Waals surface area contributed by atoms with Crippen LogP contribution in [0.3, 0.4) is 0 Å². The number of pyridine rings is 1. The molecule has 2 N–H and O–H groups in total. The van der Waals surface area contributed by atoms with Gasteiger partial charge in [-0.3, -0.25) is 9.78 Å².